The number of thioether (sulfide) groups is 1. The van der Waals surface area contributed by atoms with Gasteiger partial charge in [-0.3, -0.25) is 4.79 Å². The molecule has 0 saturated carbocycles. The van der Waals surface area contributed by atoms with Gasteiger partial charge in [0.05, 0.1) is 23.6 Å². The molecule has 0 unspecified atom stereocenters. The van der Waals surface area contributed by atoms with Crippen LogP contribution in [0.2, 0.25) is 0 Å². The molecule has 120 valence electrons. The molecule has 2 aromatic rings. The molecule has 2 rings (SSSR count). The lowest BCUT2D eigenvalue weighted by atomic mass is 10.2. The number of carbonyl (C=O) groups excluding carboxylic acids is 2. The minimum atomic E-state index is -0.472. The van der Waals surface area contributed by atoms with Crippen molar-refractivity contribution in [2.24, 2.45) is 0 Å². The highest BCUT2D eigenvalue weighted by atomic mass is 32.2. The molecule has 0 heterocycles. The van der Waals surface area contributed by atoms with E-state index in [1.165, 1.54) is 24.4 Å². The molecule has 0 fully saturated rings. The maximum absolute atomic E-state index is 12.4. The maximum Gasteiger partial charge on any atom is 0.339 e. The first-order valence-electron chi connectivity index (χ1n) is 7.23. The normalized spacial score (nSPS) is 11.6. The predicted octanol–water partition coefficient (Wildman–Crippen LogP) is 3.90. The number of esters is 1. The molecule has 0 saturated heterocycles. The molecule has 5 heteroatoms. The molecule has 1 amide bonds. The quantitative estimate of drug-likeness (QED) is 0.668. The van der Waals surface area contributed by atoms with E-state index in [0.717, 1.165) is 4.90 Å². The number of anilines is 1. The number of ether oxygens (including phenoxy) is 1. The Kier molecular flexibility index (Phi) is 5.82. The van der Waals surface area contributed by atoms with Crippen LogP contribution in [0.1, 0.15) is 22.8 Å². The second-order valence-corrected chi connectivity index (χ2v) is 6.51. The van der Waals surface area contributed by atoms with E-state index in [-0.39, 0.29) is 11.2 Å². The van der Waals surface area contributed by atoms with Crippen LogP contribution < -0.4 is 5.32 Å². The lowest BCUT2D eigenvalue weighted by Crippen LogP contribution is -2.23. The Balaban J connectivity index is 2.06. The van der Waals surface area contributed by atoms with Gasteiger partial charge in [-0.05, 0) is 38.1 Å². The zero-order valence-electron chi connectivity index (χ0n) is 13.3. The topological polar surface area (TPSA) is 55.4 Å². The number of hydrogen-bond donors (Lipinski definition) is 1. The largest absolute Gasteiger partial charge is 0.465 e. The number of nitrogens with one attached hydrogen (secondary N) is 1. The van der Waals surface area contributed by atoms with E-state index < -0.39 is 5.97 Å². The summed E-state index contributed by atoms with van der Waals surface area (Å²) in [6.45, 7) is 3.86. The zero-order chi connectivity index (χ0) is 16.8. The highest BCUT2D eigenvalue weighted by Gasteiger charge is 2.18. The second-order valence-electron chi connectivity index (χ2n) is 5.10. The van der Waals surface area contributed by atoms with Crippen molar-refractivity contribution in [1.29, 1.82) is 0 Å². The lowest BCUT2D eigenvalue weighted by Gasteiger charge is -2.14. The molecule has 0 radical (unpaired) electrons. The van der Waals surface area contributed by atoms with Crippen molar-refractivity contribution in [3.05, 3.63) is 59.7 Å². The molecule has 0 aliphatic rings. The number of benzene rings is 2. The number of rotatable bonds is 5. The monoisotopic (exact) mass is 329 g/mol. The molecule has 0 aliphatic carbocycles. The van der Waals surface area contributed by atoms with Gasteiger partial charge in [-0.25, -0.2) is 4.79 Å². The summed E-state index contributed by atoms with van der Waals surface area (Å²) in [5.74, 6) is -0.633. The summed E-state index contributed by atoms with van der Waals surface area (Å²) >= 11 is 1.47. The molecule has 0 bridgehead atoms. The highest BCUT2D eigenvalue weighted by Crippen LogP contribution is 2.25. The Morgan fingerprint density at radius 3 is 2.39 bits per heavy atom. The van der Waals surface area contributed by atoms with E-state index in [0.29, 0.717) is 11.3 Å². The molecule has 0 aromatic heterocycles. The average molecular weight is 329 g/mol. The Morgan fingerprint density at radius 2 is 1.74 bits per heavy atom. The molecule has 0 aliphatic heterocycles. The average Bonchev–Trinajstić information content (AvgIpc) is 2.56. The number of para-hydroxylation sites is 1. The Morgan fingerprint density at radius 1 is 1.09 bits per heavy atom. The minimum Gasteiger partial charge on any atom is -0.465 e. The third-order valence-corrected chi connectivity index (χ3v) is 4.41. The van der Waals surface area contributed by atoms with Gasteiger partial charge in [-0.15, -0.1) is 11.8 Å². The van der Waals surface area contributed by atoms with Gasteiger partial charge in [0.25, 0.3) is 0 Å². The number of amides is 1. The van der Waals surface area contributed by atoms with Gasteiger partial charge < -0.3 is 10.1 Å². The van der Waals surface area contributed by atoms with E-state index in [1.54, 1.807) is 24.3 Å². The van der Waals surface area contributed by atoms with Gasteiger partial charge in [0.2, 0.25) is 5.91 Å². The fourth-order valence-corrected chi connectivity index (χ4v) is 2.86. The first kappa shape index (κ1) is 17.1. The molecule has 1 atom stereocenters. The molecule has 2 aromatic carbocycles. The Labute approximate surface area is 140 Å². The van der Waals surface area contributed by atoms with Crippen LogP contribution in [0.25, 0.3) is 0 Å². The van der Waals surface area contributed by atoms with E-state index in [2.05, 4.69) is 5.32 Å². The summed E-state index contributed by atoms with van der Waals surface area (Å²) in [6.07, 6.45) is 0. The van der Waals surface area contributed by atoms with Crippen LogP contribution in [0.4, 0.5) is 5.69 Å². The molecule has 1 N–H and O–H groups in total. The first-order valence-corrected chi connectivity index (χ1v) is 8.10. The van der Waals surface area contributed by atoms with Crippen LogP contribution in [0.15, 0.2) is 53.4 Å². The minimum absolute atomic E-state index is 0.160. The zero-order valence-corrected chi connectivity index (χ0v) is 14.1. The highest BCUT2D eigenvalue weighted by molar-refractivity contribution is 8.00. The third-order valence-electron chi connectivity index (χ3n) is 3.29. The summed E-state index contributed by atoms with van der Waals surface area (Å²) < 4.78 is 4.73. The van der Waals surface area contributed by atoms with Crippen LogP contribution >= 0.6 is 11.8 Å². The molecule has 0 spiro atoms. The van der Waals surface area contributed by atoms with Crippen molar-refractivity contribution in [3.8, 4) is 0 Å². The van der Waals surface area contributed by atoms with Crippen molar-refractivity contribution in [2.45, 2.75) is 24.0 Å². The summed E-state index contributed by atoms with van der Waals surface area (Å²) in [7, 11) is 1.32. The van der Waals surface area contributed by atoms with Gasteiger partial charge in [0.1, 0.15) is 0 Å². The number of aryl methyl sites for hydroxylation is 1. The Bertz CT molecular complexity index is 698. The second kappa shape index (κ2) is 7.83. The summed E-state index contributed by atoms with van der Waals surface area (Å²) in [6, 6.07) is 14.8. The van der Waals surface area contributed by atoms with Gasteiger partial charge >= 0.3 is 5.97 Å². The van der Waals surface area contributed by atoms with Crippen molar-refractivity contribution >= 4 is 29.3 Å². The van der Waals surface area contributed by atoms with Crippen LogP contribution in [0, 0.1) is 6.92 Å². The van der Waals surface area contributed by atoms with Crippen molar-refractivity contribution in [1.82, 2.24) is 0 Å². The van der Waals surface area contributed by atoms with Gasteiger partial charge in [0, 0.05) is 4.90 Å². The number of carbonyl (C=O) groups is 2. The summed E-state index contributed by atoms with van der Waals surface area (Å²) in [4.78, 5) is 25.1. The van der Waals surface area contributed by atoms with Crippen LogP contribution in [-0.4, -0.2) is 24.2 Å². The fourth-order valence-electron chi connectivity index (χ4n) is 1.99. The molecule has 23 heavy (non-hydrogen) atoms. The van der Waals surface area contributed by atoms with E-state index in [4.69, 9.17) is 4.74 Å². The van der Waals surface area contributed by atoms with Gasteiger partial charge in [-0.2, -0.15) is 0 Å². The van der Waals surface area contributed by atoms with Crippen molar-refractivity contribution in [3.63, 3.8) is 0 Å². The number of methoxy groups -OCH3 is 1. The third kappa shape index (κ3) is 4.60. The lowest BCUT2D eigenvalue weighted by molar-refractivity contribution is -0.115. The van der Waals surface area contributed by atoms with Crippen LogP contribution in [0.3, 0.4) is 0 Å². The van der Waals surface area contributed by atoms with E-state index in [1.807, 2.05) is 38.1 Å². The molecule has 4 nitrogen and oxygen atoms in total. The molecular formula is C18H19NO3S. The van der Waals surface area contributed by atoms with E-state index in [9.17, 15) is 9.59 Å². The van der Waals surface area contributed by atoms with Crippen molar-refractivity contribution in [2.75, 3.05) is 12.4 Å². The summed E-state index contributed by atoms with van der Waals surface area (Å²) in [5.41, 5.74) is 1.98. The van der Waals surface area contributed by atoms with Crippen LogP contribution in [-0.2, 0) is 9.53 Å². The maximum atomic E-state index is 12.4. The smallest absolute Gasteiger partial charge is 0.339 e. The predicted molar refractivity (Wildman–Crippen MR) is 92.9 cm³/mol. The fraction of sp³-hybridized carbons (Fsp3) is 0.222. The Hall–Kier alpha value is -2.27. The van der Waals surface area contributed by atoms with Gasteiger partial charge in [0.15, 0.2) is 0 Å². The SMILES string of the molecule is COC(=O)c1ccccc1NC(=O)[C@@H](C)Sc1ccc(C)cc1. The standard InChI is InChI=1S/C18H19NO3S/c1-12-8-10-14(11-9-12)23-13(2)17(20)19-16-7-5-4-6-15(16)18(21)22-3/h4-11,13H,1-3H3,(H,19,20)/t13-/m1/s1. The van der Waals surface area contributed by atoms with Crippen molar-refractivity contribution < 1.29 is 14.3 Å². The van der Waals surface area contributed by atoms with E-state index >= 15 is 0 Å². The van der Waals surface area contributed by atoms with Crippen LogP contribution in [0.5, 0.6) is 0 Å². The summed E-state index contributed by atoms with van der Waals surface area (Å²) in [5, 5.41) is 2.51. The molecular weight excluding hydrogens is 310 g/mol. The number of hydrogen-bond acceptors (Lipinski definition) is 4. The first-order chi connectivity index (χ1) is 11.0. The van der Waals surface area contributed by atoms with Gasteiger partial charge in [-0.1, -0.05) is 29.8 Å².